The molecule has 0 atom stereocenters. The van der Waals surface area contributed by atoms with E-state index in [1.165, 1.54) is 23.3 Å². The molecule has 0 bridgehead atoms. The molecule has 2 aromatic rings. The van der Waals surface area contributed by atoms with Crippen LogP contribution < -0.4 is 10.5 Å². The summed E-state index contributed by atoms with van der Waals surface area (Å²) in [7, 11) is 0. The average molecular weight is 281 g/mol. The molecule has 0 spiro atoms. The molecule has 0 heterocycles. The number of carbonyl (C=O) groups is 1. The first-order chi connectivity index (χ1) is 9.97. The van der Waals surface area contributed by atoms with Crippen molar-refractivity contribution in [3.05, 3.63) is 64.7 Å². The van der Waals surface area contributed by atoms with Crippen molar-refractivity contribution in [2.24, 2.45) is 5.10 Å². The van der Waals surface area contributed by atoms with Crippen molar-refractivity contribution in [2.45, 2.75) is 20.8 Å². The smallest absolute Gasteiger partial charge is 0.0716 e. The molecule has 108 valence electrons. The van der Waals surface area contributed by atoms with E-state index in [1.54, 1.807) is 12.1 Å². The van der Waals surface area contributed by atoms with E-state index < -0.39 is 5.97 Å². The van der Waals surface area contributed by atoms with Crippen LogP contribution in [0.15, 0.2) is 47.6 Å². The fourth-order valence-corrected chi connectivity index (χ4v) is 1.90. The van der Waals surface area contributed by atoms with E-state index in [1.807, 2.05) is 13.0 Å². The summed E-state index contributed by atoms with van der Waals surface area (Å²) >= 11 is 0. The van der Waals surface area contributed by atoms with Gasteiger partial charge in [-0.05, 0) is 61.2 Å². The highest BCUT2D eigenvalue weighted by atomic mass is 16.4. The fourth-order valence-electron chi connectivity index (χ4n) is 1.90. The third-order valence-electron chi connectivity index (χ3n) is 3.38. The molecule has 4 heteroatoms. The van der Waals surface area contributed by atoms with Crippen molar-refractivity contribution in [3.8, 4) is 0 Å². The summed E-state index contributed by atoms with van der Waals surface area (Å²) in [6, 6.07) is 12.5. The highest BCUT2D eigenvalue weighted by molar-refractivity contribution is 5.99. The maximum absolute atomic E-state index is 10.8. The Kier molecular flexibility index (Phi) is 4.38. The van der Waals surface area contributed by atoms with Gasteiger partial charge in [0.1, 0.15) is 0 Å². The molecule has 0 aromatic heterocycles. The third-order valence-corrected chi connectivity index (χ3v) is 3.38. The Morgan fingerprint density at radius 1 is 1.05 bits per heavy atom. The van der Waals surface area contributed by atoms with Crippen LogP contribution in [0.5, 0.6) is 0 Å². The minimum Gasteiger partial charge on any atom is -0.545 e. The lowest BCUT2D eigenvalue weighted by molar-refractivity contribution is -0.255. The van der Waals surface area contributed by atoms with Gasteiger partial charge in [-0.2, -0.15) is 5.10 Å². The van der Waals surface area contributed by atoms with Crippen LogP contribution in [0.25, 0.3) is 0 Å². The highest BCUT2D eigenvalue weighted by Gasteiger charge is 2.00. The minimum atomic E-state index is -1.20. The normalized spacial score (nSPS) is 11.3. The molecule has 0 unspecified atom stereocenters. The summed E-state index contributed by atoms with van der Waals surface area (Å²) in [5, 5.41) is 15.1. The molecule has 0 aliphatic carbocycles. The minimum absolute atomic E-state index is 0.124. The van der Waals surface area contributed by atoms with Crippen molar-refractivity contribution >= 4 is 17.4 Å². The first kappa shape index (κ1) is 14.8. The van der Waals surface area contributed by atoms with Gasteiger partial charge >= 0.3 is 0 Å². The number of hydrazone groups is 1. The van der Waals surface area contributed by atoms with Crippen LogP contribution >= 0.6 is 0 Å². The zero-order valence-corrected chi connectivity index (χ0v) is 12.3. The Hall–Kier alpha value is -2.62. The summed E-state index contributed by atoms with van der Waals surface area (Å²) in [5.74, 6) is -1.20. The summed E-state index contributed by atoms with van der Waals surface area (Å²) in [6.07, 6.45) is 0. The van der Waals surface area contributed by atoms with Crippen LogP contribution in [0, 0.1) is 13.8 Å². The van der Waals surface area contributed by atoms with Crippen LogP contribution in [0.4, 0.5) is 5.69 Å². The number of carboxylic acid groups (broad SMARTS) is 1. The largest absolute Gasteiger partial charge is 0.545 e. The molecule has 21 heavy (non-hydrogen) atoms. The van der Waals surface area contributed by atoms with Gasteiger partial charge in [0.15, 0.2) is 0 Å². The van der Waals surface area contributed by atoms with E-state index in [2.05, 4.69) is 36.5 Å². The summed E-state index contributed by atoms with van der Waals surface area (Å²) in [4.78, 5) is 10.8. The molecule has 0 fully saturated rings. The van der Waals surface area contributed by atoms with Gasteiger partial charge in [0.2, 0.25) is 0 Å². The van der Waals surface area contributed by atoms with Gasteiger partial charge in [-0.3, -0.25) is 5.43 Å². The van der Waals surface area contributed by atoms with E-state index in [9.17, 15) is 9.90 Å². The van der Waals surface area contributed by atoms with Crippen molar-refractivity contribution in [3.63, 3.8) is 0 Å². The maximum atomic E-state index is 10.8. The molecule has 0 aliphatic rings. The second-order valence-electron chi connectivity index (χ2n) is 4.98. The van der Waals surface area contributed by atoms with Crippen molar-refractivity contribution < 1.29 is 9.90 Å². The van der Waals surface area contributed by atoms with E-state index in [4.69, 9.17) is 0 Å². The molecule has 0 amide bonds. The standard InChI is InChI=1S/C17H18N2O2/c1-11-7-8-14(9-12(11)2)13(3)18-19-16-6-4-5-15(10-16)17(20)21/h4-10,19H,1-3H3,(H,20,21)/p-1/b18-13-. The van der Waals surface area contributed by atoms with E-state index >= 15 is 0 Å². The summed E-state index contributed by atoms with van der Waals surface area (Å²) in [6.45, 7) is 6.03. The van der Waals surface area contributed by atoms with Crippen molar-refractivity contribution in [1.82, 2.24) is 0 Å². The van der Waals surface area contributed by atoms with Crippen molar-refractivity contribution in [2.75, 3.05) is 5.43 Å². The second kappa shape index (κ2) is 6.22. The van der Waals surface area contributed by atoms with Crippen molar-refractivity contribution in [1.29, 1.82) is 0 Å². The predicted molar refractivity (Wildman–Crippen MR) is 82.5 cm³/mol. The van der Waals surface area contributed by atoms with Crippen LogP contribution in [0.1, 0.15) is 34.0 Å². The lowest BCUT2D eigenvalue weighted by Gasteiger charge is -2.08. The van der Waals surface area contributed by atoms with E-state index in [-0.39, 0.29) is 5.56 Å². The van der Waals surface area contributed by atoms with Gasteiger partial charge in [0.05, 0.1) is 17.4 Å². The van der Waals surface area contributed by atoms with Gasteiger partial charge in [-0.25, -0.2) is 0 Å². The van der Waals surface area contributed by atoms with Gasteiger partial charge in [0.25, 0.3) is 0 Å². The number of aromatic carboxylic acids is 1. The first-order valence-corrected chi connectivity index (χ1v) is 6.66. The number of hydrogen-bond donors (Lipinski definition) is 1. The molecule has 2 rings (SSSR count). The molecule has 0 aliphatic heterocycles. The summed E-state index contributed by atoms with van der Waals surface area (Å²) in [5.41, 5.74) is 7.91. The lowest BCUT2D eigenvalue weighted by Crippen LogP contribution is -2.22. The topological polar surface area (TPSA) is 64.5 Å². The molecule has 1 N–H and O–H groups in total. The third kappa shape index (κ3) is 3.69. The Morgan fingerprint density at radius 2 is 1.81 bits per heavy atom. The van der Waals surface area contributed by atoms with Gasteiger partial charge in [0, 0.05) is 0 Å². The number of rotatable bonds is 4. The number of nitrogens with zero attached hydrogens (tertiary/aromatic N) is 1. The molecule has 0 radical (unpaired) electrons. The SMILES string of the molecule is C/C(=N/Nc1cccc(C(=O)[O-])c1)c1ccc(C)c(C)c1. The number of carboxylic acids is 1. The highest BCUT2D eigenvalue weighted by Crippen LogP contribution is 2.13. The van der Waals surface area contributed by atoms with Crippen LogP contribution in [0.3, 0.4) is 0 Å². The Bertz CT molecular complexity index is 706. The molecular formula is C17H17N2O2-. The summed E-state index contributed by atoms with van der Waals surface area (Å²) < 4.78 is 0. The number of carbonyl (C=O) groups excluding carboxylic acids is 1. The van der Waals surface area contributed by atoms with Crippen LogP contribution in [-0.2, 0) is 0 Å². The predicted octanol–water partition coefficient (Wildman–Crippen LogP) is 2.50. The average Bonchev–Trinajstić information content (AvgIpc) is 2.48. The second-order valence-corrected chi connectivity index (χ2v) is 4.98. The number of nitrogens with one attached hydrogen (secondary N) is 1. The first-order valence-electron chi connectivity index (χ1n) is 6.66. The zero-order valence-electron chi connectivity index (χ0n) is 12.3. The zero-order chi connectivity index (χ0) is 15.4. The van der Waals surface area contributed by atoms with Gasteiger partial charge in [-0.15, -0.1) is 0 Å². The Morgan fingerprint density at radius 3 is 2.48 bits per heavy atom. The number of hydrogen-bond acceptors (Lipinski definition) is 4. The number of aryl methyl sites for hydroxylation is 2. The van der Waals surface area contributed by atoms with E-state index in [0.717, 1.165) is 11.3 Å². The number of anilines is 1. The monoisotopic (exact) mass is 281 g/mol. The van der Waals surface area contributed by atoms with Gasteiger partial charge in [-0.1, -0.05) is 24.3 Å². The molecule has 4 nitrogen and oxygen atoms in total. The van der Waals surface area contributed by atoms with Gasteiger partial charge < -0.3 is 9.90 Å². The maximum Gasteiger partial charge on any atom is 0.0716 e. The number of benzene rings is 2. The quantitative estimate of drug-likeness (QED) is 0.691. The Labute approximate surface area is 124 Å². The van der Waals surface area contributed by atoms with Crippen LogP contribution in [0.2, 0.25) is 0 Å². The molecular weight excluding hydrogens is 264 g/mol. The Balaban J connectivity index is 2.18. The van der Waals surface area contributed by atoms with E-state index in [0.29, 0.717) is 5.69 Å². The molecule has 0 saturated carbocycles. The molecule has 2 aromatic carbocycles. The fraction of sp³-hybridized carbons (Fsp3) is 0.176. The molecule has 0 saturated heterocycles. The lowest BCUT2D eigenvalue weighted by atomic mass is 10.0. The van der Waals surface area contributed by atoms with Crippen LogP contribution in [-0.4, -0.2) is 11.7 Å².